The monoisotopic (exact) mass is 376 g/mol. The maximum absolute atomic E-state index is 12.5. The molecule has 3 rings (SSSR count). The number of nitro benzene ring substituents is 1. The Balaban J connectivity index is 1.45. The maximum Gasteiger partial charge on any atom is 0.344 e. The summed E-state index contributed by atoms with van der Waals surface area (Å²) in [5.41, 5.74) is -0.122. The Labute approximate surface area is 157 Å². The second kappa shape index (κ2) is 8.83. The van der Waals surface area contributed by atoms with E-state index in [1.54, 1.807) is 0 Å². The third kappa shape index (κ3) is 4.96. The number of nitro groups is 1. The van der Waals surface area contributed by atoms with E-state index in [1.165, 1.54) is 43.5 Å². The van der Waals surface area contributed by atoms with Crippen LogP contribution in [0.1, 0.15) is 38.5 Å². The minimum Gasteiger partial charge on any atom is -0.482 e. The summed E-state index contributed by atoms with van der Waals surface area (Å²) in [6, 6.07) is 5.83. The van der Waals surface area contributed by atoms with Crippen molar-refractivity contribution < 1.29 is 24.0 Å². The minimum absolute atomic E-state index is 0.122. The number of esters is 1. The number of hydrogen-bond acceptors (Lipinski definition) is 6. The molecule has 8 heteroatoms. The first-order valence-corrected chi connectivity index (χ1v) is 9.37. The van der Waals surface area contributed by atoms with Crippen LogP contribution >= 0.6 is 0 Å². The molecule has 146 valence electrons. The van der Waals surface area contributed by atoms with Gasteiger partial charge >= 0.3 is 5.97 Å². The van der Waals surface area contributed by atoms with Gasteiger partial charge in [-0.3, -0.25) is 14.9 Å². The second-order valence-electron chi connectivity index (χ2n) is 7.05. The molecule has 2 aliphatic rings. The molecule has 1 aliphatic heterocycles. The van der Waals surface area contributed by atoms with Crippen molar-refractivity contribution in [3.05, 3.63) is 34.4 Å². The van der Waals surface area contributed by atoms with E-state index in [2.05, 4.69) is 0 Å². The van der Waals surface area contributed by atoms with E-state index in [9.17, 15) is 19.7 Å². The van der Waals surface area contributed by atoms with Gasteiger partial charge in [-0.05, 0) is 37.7 Å². The average molecular weight is 376 g/mol. The largest absolute Gasteiger partial charge is 0.482 e. The highest BCUT2D eigenvalue weighted by molar-refractivity contribution is 5.81. The number of amides is 1. The molecule has 2 fully saturated rings. The first-order chi connectivity index (χ1) is 13.0. The van der Waals surface area contributed by atoms with Crippen molar-refractivity contribution in [1.29, 1.82) is 0 Å². The molecule has 1 aromatic rings. The van der Waals surface area contributed by atoms with Gasteiger partial charge in [0.15, 0.2) is 13.2 Å². The van der Waals surface area contributed by atoms with Gasteiger partial charge in [-0.2, -0.15) is 0 Å². The Hall–Kier alpha value is -2.64. The number of rotatable bonds is 6. The van der Waals surface area contributed by atoms with Crippen molar-refractivity contribution in [2.45, 2.75) is 44.6 Å². The zero-order valence-electron chi connectivity index (χ0n) is 15.2. The minimum atomic E-state index is -0.674. The SMILES string of the molecule is O=C(COc1cccc([N+](=O)[O-])c1)OCC(=O)N1CCC[C@H]2CCCC[C@H]21. The van der Waals surface area contributed by atoms with Crippen molar-refractivity contribution in [3.63, 3.8) is 0 Å². The lowest BCUT2D eigenvalue weighted by molar-refractivity contribution is -0.384. The first-order valence-electron chi connectivity index (χ1n) is 9.37. The van der Waals surface area contributed by atoms with Crippen LogP contribution in [0.2, 0.25) is 0 Å². The van der Waals surface area contributed by atoms with E-state index in [0.29, 0.717) is 5.92 Å². The van der Waals surface area contributed by atoms with Gasteiger partial charge in [0.05, 0.1) is 11.0 Å². The number of benzene rings is 1. The van der Waals surface area contributed by atoms with Crippen molar-refractivity contribution in [2.75, 3.05) is 19.8 Å². The standard InChI is InChI=1S/C19H24N2O6/c22-18(20-10-4-6-14-5-1-2-9-17(14)20)12-27-19(23)13-26-16-8-3-7-15(11-16)21(24)25/h3,7-8,11,14,17H,1-2,4-6,9-10,12-13H2/t14-,17-/m1/s1. The summed E-state index contributed by atoms with van der Waals surface area (Å²) >= 11 is 0. The summed E-state index contributed by atoms with van der Waals surface area (Å²) in [6.45, 7) is 0.0303. The lowest BCUT2D eigenvalue weighted by Crippen LogP contribution is -2.51. The molecule has 1 saturated carbocycles. The molecule has 0 unspecified atom stereocenters. The van der Waals surface area contributed by atoms with E-state index < -0.39 is 17.5 Å². The fraction of sp³-hybridized carbons (Fsp3) is 0.579. The molecule has 2 atom stereocenters. The number of likely N-dealkylation sites (tertiary alicyclic amines) is 1. The van der Waals surface area contributed by atoms with Crippen LogP contribution < -0.4 is 4.74 Å². The third-order valence-corrected chi connectivity index (χ3v) is 5.31. The summed E-state index contributed by atoms with van der Waals surface area (Å²) in [4.78, 5) is 36.4. The molecule has 0 spiro atoms. The molecular weight excluding hydrogens is 352 g/mol. The Morgan fingerprint density at radius 3 is 2.74 bits per heavy atom. The average Bonchev–Trinajstić information content (AvgIpc) is 2.70. The molecule has 27 heavy (non-hydrogen) atoms. The molecule has 8 nitrogen and oxygen atoms in total. The van der Waals surface area contributed by atoms with Crippen LogP contribution in [0.25, 0.3) is 0 Å². The van der Waals surface area contributed by atoms with E-state index >= 15 is 0 Å². The summed E-state index contributed by atoms with van der Waals surface area (Å²) in [5.74, 6) is -0.0553. The van der Waals surface area contributed by atoms with Crippen molar-refractivity contribution in [1.82, 2.24) is 4.90 Å². The highest BCUT2D eigenvalue weighted by Gasteiger charge is 2.35. The third-order valence-electron chi connectivity index (χ3n) is 5.31. The van der Waals surface area contributed by atoms with Gasteiger partial charge in [-0.1, -0.05) is 18.9 Å². The molecule has 0 radical (unpaired) electrons. The molecule has 0 aromatic heterocycles. The summed E-state index contributed by atoms with van der Waals surface area (Å²) in [6.07, 6.45) is 6.74. The van der Waals surface area contributed by atoms with Crippen molar-refractivity contribution >= 4 is 17.6 Å². The van der Waals surface area contributed by atoms with Crippen LogP contribution in [-0.2, 0) is 14.3 Å². The van der Waals surface area contributed by atoms with Crippen molar-refractivity contribution in [3.8, 4) is 5.75 Å². The molecule has 1 heterocycles. The first kappa shape index (κ1) is 19.1. The lowest BCUT2D eigenvalue weighted by atomic mass is 9.78. The van der Waals surface area contributed by atoms with Gasteiger partial charge in [0.2, 0.25) is 0 Å². The molecule has 1 aliphatic carbocycles. The molecule has 1 aromatic carbocycles. The van der Waals surface area contributed by atoms with Crippen LogP contribution in [0, 0.1) is 16.0 Å². The maximum atomic E-state index is 12.5. The van der Waals surface area contributed by atoms with Gasteiger partial charge in [0.25, 0.3) is 11.6 Å². The van der Waals surface area contributed by atoms with Gasteiger partial charge < -0.3 is 14.4 Å². The lowest BCUT2D eigenvalue weighted by Gasteiger charge is -2.44. The quantitative estimate of drug-likeness (QED) is 0.430. The number of hydrogen-bond donors (Lipinski definition) is 0. The molecular formula is C19H24N2O6. The van der Waals surface area contributed by atoms with Gasteiger partial charge in [-0.25, -0.2) is 4.79 Å². The van der Waals surface area contributed by atoms with E-state index in [-0.39, 0.29) is 30.0 Å². The number of nitrogens with zero attached hydrogens (tertiary/aromatic N) is 2. The molecule has 1 amide bonds. The Kier molecular flexibility index (Phi) is 6.26. The normalized spacial score (nSPS) is 21.9. The molecule has 0 bridgehead atoms. The summed E-state index contributed by atoms with van der Waals surface area (Å²) in [5, 5.41) is 10.7. The topological polar surface area (TPSA) is 99.0 Å². The highest BCUT2D eigenvalue weighted by Crippen LogP contribution is 2.35. The van der Waals surface area contributed by atoms with Gasteiger partial charge in [-0.15, -0.1) is 0 Å². The summed E-state index contributed by atoms with van der Waals surface area (Å²) < 4.78 is 10.3. The molecule has 0 N–H and O–H groups in total. The number of fused-ring (bicyclic) bond motifs is 1. The number of carbonyl (C=O) groups excluding carboxylic acids is 2. The Morgan fingerprint density at radius 1 is 1.15 bits per heavy atom. The van der Waals surface area contributed by atoms with Crippen LogP contribution in [-0.4, -0.2) is 47.5 Å². The zero-order chi connectivity index (χ0) is 19.2. The Bertz CT molecular complexity index is 705. The van der Waals surface area contributed by atoms with E-state index in [0.717, 1.165) is 25.8 Å². The number of ether oxygens (including phenoxy) is 2. The zero-order valence-corrected chi connectivity index (χ0v) is 15.2. The Morgan fingerprint density at radius 2 is 1.93 bits per heavy atom. The van der Waals surface area contributed by atoms with E-state index in [4.69, 9.17) is 9.47 Å². The fourth-order valence-corrected chi connectivity index (χ4v) is 4.03. The van der Waals surface area contributed by atoms with Crippen LogP contribution in [0.4, 0.5) is 5.69 Å². The number of non-ortho nitro benzene ring substituents is 1. The fourth-order valence-electron chi connectivity index (χ4n) is 4.03. The second-order valence-corrected chi connectivity index (χ2v) is 7.05. The smallest absolute Gasteiger partial charge is 0.344 e. The number of carbonyl (C=O) groups is 2. The van der Waals surface area contributed by atoms with Gasteiger partial charge in [0.1, 0.15) is 5.75 Å². The number of piperidine rings is 1. The summed E-state index contributed by atoms with van der Waals surface area (Å²) in [7, 11) is 0. The predicted octanol–water partition coefficient (Wildman–Crippen LogP) is 2.70. The van der Waals surface area contributed by atoms with E-state index in [1.807, 2.05) is 4.90 Å². The van der Waals surface area contributed by atoms with Gasteiger partial charge in [0, 0.05) is 18.7 Å². The predicted molar refractivity (Wildman–Crippen MR) is 96.2 cm³/mol. The van der Waals surface area contributed by atoms with Crippen LogP contribution in [0.5, 0.6) is 5.75 Å². The van der Waals surface area contributed by atoms with Crippen LogP contribution in [0.15, 0.2) is 24.3 Å². The van der Waals surface area contributed by atoms with Crippen LogP contribution in [0.3, 0.4) is 0 Å². The van der Waals surface area contributed by atoms with Crippen molar-refractivity contribution in [2.24, 2.45) is 5.92 Å². The molecule has 1 saturated heterocycles. The highest BCUT2D eigenvalue weighted by atomic mass is 16.6.